The highest BCUT2D eigenvalue weighted by Gasteiger charge is 2.20. The molecule has 1 aliphatic rings. The summed E-state index contributed by atoms with van der Waals surface area (Å²) in [6, 6.07) is 7.18. The predicted octanol–water partition coefficient (Wildman–Crippen LogP) is 1.76. The van der Waals surface area contributed by atoms with Gasteiger partial charge in [-0.2, -0.15) is 0 Å². The van der Waals surface area contributed by atoms with Gasteiger partial charge in [-0.05, 0) is 49.5 Å². The quantitative estimate of drug-likeness (QED) is 0.871. The van der Waals surface area contributed by atoms with Crippen LogP contribution in [0.4, 0.5) is 0 Å². The Kier molecular flexibility index (Phi) is 5.21. The van der Waals surface area contributed by atoms with Gasteiger partial charge in [-0.3, -0.25) is 0 Å². The molecule has 2 N–H and O–H groups in total. The molecular formula is C13H19ClN2O2S. The molecule has 1 heterocycles. The molecule has 1 fully saturated rings. The van der Waals surface area contributed by atoms with E-state index >= 15 is 0 Å². The van der Waals surface area contributed by atoms with E-state index in [1.54, 1.807) is 12.1 Å². The van der Waals surface area contributed by atoms with Gasteiger partial charge in [0.25, 0.3) is 0 Å². The van der Waals surface area contributed by atoms with Gasteiger partial charge in [-0.1, -0.05) is 23.7 Å². The van der Waals surface area contributed by atoms with Crippen LogP contribution in [0.25, 0.3) is 0 Å². The minimum atomic E-state index is -3.20. The van der Waals surface area contributed by atoms with Crippen LogP contribution < -0.4 is 10.0 Å². The van der Waals surface area contributed by atoms with E-state index in [0.717, 1.165) is 31.5 Å². The second-order valence-corrected chi connectivity index (χ2v) is 7.21. The van der Waals surface area contributed by atoms with Crippen molar-refractivity contribution in [2.75, 3.05) is 18.8 Å². The van der Waals surface area contributed by atoms with E-state index < -0.39 is 10.0 Å². The maximum Gasteiger partial charge on any atom is 0.212 e. The lowest BCUT2D eigenvalue weighted by atomic mass is 10.0. The van der Waals surface area contributed by atoms with E-state index in [4.69, 9.17) is 11.6 Å². The number of sulfonamides is 1. The SMILES string of the molecule is O=S(=O)(CC1CCNCC1)NCc1ccc(Cl)cc1. The van der Waals surface area contributed by atoms with Crippen LogP contribution in [0.3, 0.4) is 0 Å². The molecule has 1 aromatic carbocycles. The maximum atomic E-state index is 12.0. The molecule has 0 radical (unpaired) electrons. The Balaban J connectivity index is 1.84. The summed E-state index contributed by atoms with van der Waals surface area (Å²) in [5, 5.41) is 3.89. The van der Waals surface area contributed by atoms with Crippen LogP contribution in [0.2, 0.25) is 5.02 Å². The fraction of sp³-hybridized carbons (Fsp3) is 0.538. The monoisotopic (exact) mass is 302 g/mol. The summed E-state index contributed by atoms with van der Waals surface area (Å²) >= 11 is 5.79. The fourth-order valence-electron chi connectivity index (χ4n) is 2.21. The topological polar surface area (TPSA) is 58.2 Å². The zero-order valence-corrected chi connectivity index (χ0v) is 12.3. The summed E-state index contributed by atoms with van der Waals surface area (Å²) in [5.41, 5.74) is 0.915. The van der Waals surface area contributed by atoms with Gasteiger partial charge >= 0.3 is 0 Å². The molecule has 0 aromatic heterocycles. The molecule has 0 amide bonds. The normalized spacial score (nSPS) is 17.5. The number of piperidine rings is 1. The summed E-state index contributed by atoms with van der Waals surface area (Å²) in [7, 11) is -3.20. The van der Waals surface area contributed by atoms with Crippen molar-refractivity contribution >= 4 is 21.6 Å². The number of halogens is 1. The molecular weight excluding hydrogens is 284 g/mol. The molecule has 1 aliphatic heterocycles. The Morgan fingerprint density at radius 2 is 1.84 bits per heavy atom. The number of hydrogen-bond acceptors (Lipinski definition) is 3. The number of nitrogens with one attached hydrogen (secondary N) is 2. The van der Waals surface area contributed by atoms with Crippen LogP contribution in [0.1, 0.15) is 18.4 Å². The molecule has 0 bridgehead atoms. The zero-order valence-electron chi connectivity index (χ0n) is 10.7. The van der Waals surface area contributed by atoms with Gasteiger partial charge in [0.05, 0.1) is 5.75 Å². The first kappa shape index (κ1) is 14.8. The van der Waals surface area contributed by atoms with Crippen molar-refractivity contribution in [3.63, 3.8) is 0 Å². The largest absolute Gasteiger partial charge is 0.317 e. The highest BCUT2D eigenvalue weighted by molar-refractivity contribution is 7.89. The molecule has 2 rings (SSSR count). The third kappa shape index (κ3) is 5.10. The molecule has 0 unspecified atom stereocenters. The van der Waals surface area contributed by atoms with E-state index in [9.17, 15) is 8.42 Å². The van der Waals surface area contributed by atoms with Crippen LogP contribution in [0, 0.1) is 5.92 Å². The minimum absolute atomic E-state index is 0.224. The van der Waals surface area contributed by atoms with Crippen molar-refractivity contribution in [3.05, 3.63) is 34.9 Å². The van der Waals surface area contributed by atoms with E-state index in [0.29, 0.717) is 11.6 Å². The first-order valence-corrected chi connectivity index (χ1v) is 8.51. The maximum absolute atomic E-state index is 12.0. The lowest BCUT2D eigenvalue weighted by molar-refractivity contribution is 0.400. The average Bonchev–Trinajstić information content (AvgIpc) is 2.39. The lowest BCUT2D eigenvalue weighted by Crippen LogP contribution is -2.35. The summed E-state index contributed by atoms with van der Waals surface area (Å²) in [5.74, 6) is 0.492. The van der Waals surface area contributed by atoms with Gasteiger partial charge in [0.2, 0.25) is 10.0 Å². The molecule has 4 nitrogen and oxygen atoms in total. The van der Waals surface area contributed by atoms with Crippen LogP contribution in [-0.4, -0.2) is 27.3 Å². The molecule has 19 heavy (non-hydrogen) atoms. The second kappa shape index (κ2) is 6.70. The highest BCUT2D eigenvalue weighted by Crippen LogP contribution is 2.14. The van der Waals surface area contributed by atoms with Crippen molar-refractivity contribution in [3.8, 4) is 0 Å². The molecule has 0 aliphatic carbocycles. The van der Waals surface area contributed by atoms with Gasteiger partial charge in [-0.25, -0.2) is 13.1 Å². The van der Waals surface area contributed by atoms with E-state index in [2.05, 4.69) is 10.0 Å². The summed E-state index contributed by atoms with van der Waals surface area (Å²) in [6.07, 6.45) is 1.86. The Hall–Kier alpha value is -0.620. The van der Waals surface area contributed by atoms with Crippen LogP contribution in [-0.2, 0) is 16.6 Å². The molecule has 0 atom stereocenters. The number of hydrogen-bond donors (Lipinski definition) is 2. The fourth-order valence-corrected chi connectivity index (χ4v) is 3.80. The third-order valence-electron chi connectivity index (χ3n) is 3.32. The van der Waals surface area contributed by atoms with Gasteiger partial charge in [0.1, 0.15) is 0 Å². The van der Waals surface area contributed by atoms with E-state index in [1.165, 1.54) is 0 Å². The van der Waals surface area contributed by atoms with Gasteiger partial charge in [0, 0.05) is 11.6 Å². The zero-order chi connectivity index (χ0) is 13.7. The van der Waals surface area contributed by atoms with Crippen LogP contribution in [0.5, 0.6) is 0 Å². The summed E-state index contributed by atoms with van der Waals surface area (Å²) in [6.45, 7) is 2.15. The van der Waals surface area contributed by atoms with Crippen LogP contribution in [0.15, 0.2) is 24.3 Å². The lowest BCUT2D eigenvalue weighted by Gasteiger charge is -2.22. The van der Waals surface area contributed by atoms with E-state index in [-0.39, 0.29) is 11.7 Å². The first-order chi connectivity index (χ1) is 9.05. The predicted molar refractivity (Wildman–Crippen MR) is 77.7 cm³/mol. The molecule has 106 valence electrons. The Morgan fingerprint density at radius 3 is 2.47 bits per heavy atom. The molecule has 0 saturated carbocycles. The van der Waals surface area contributed by atoms with Gasteiger partial charge in [0.15, 0.2) is 0 Å². The highest BCUT2D eigenvalue weighted by atomic mass is 35.5. The molecule has 6 heteroatoms. The van der Waals surface area contributed by atoms with Crippen molar-refractivity contribution < 1.29 is 8.42 Å². The van der Waals surface area contributed by atoms with Crippen molar-refractivity contribution in [2.24, 2.45) is 5.92 Å². The Morgan fingerprint density at radius 1 is 1.21 bits per heavy atom. The first-order valence-electron chi connectivity index (χ1n) is 6.48. The van der Waals surface area contributed by atoms with Gasteiger partial charge in [-0.15, -0.1) is 0 Å². The Labute approximate surface area is 119 Å². The summed E-state index contributed by atoms with van der Waals surface area (Å²) in [4.78, 5) is 0. The number of rotatable bonds is 5. The summed E-state index contributed by atoms with van der Waals surface area (Å²) < 4.78 is 26.6. The molecule has 0 spiro atoms. The average molecular weight is 303 g/mol. The smallest absolute Gasteiger partial charge is 0.212 e. The second-order valence-electron chi connectivity index (χ2n) is 4.92. The van der Waals surface area contributed by atoms with Crippen molar-refractivity contribution in [1.29, 1.82) is 0 Å². The van der Waals surface area contributed by atoms with Crippen molar-refractivity contribution in [2.45, 2.75) is 19.4 Å². The van der Waals surface area contributed by atoms with Gasteiger partial charge < -0.3 is 5.32 Å². The Bertz CT molecular complexity index is 496. The van der Waals surface area contributed by atoms with Crippen molar-refractivity contribution in [1.82, 2.24) is 10.0 Å². The standard InChI is InChI=1S/C13H19ClN2O2S/c14-13-3-1-11(2-4-13)9-16-19(17,18)10-12-5-7-15-8-6-12/h1-4,12,15-16H,5-10H2. The molecule has 1 aromatic rings. The number of benzene rings is 1. The minimum Gasteiger partial charge on any atom is -0.317 e. The molecule has 1 saturated heterocycles. The third-order valence-corrected chi connectivity index (χ3v) is 5.07. The van der Waals surface area contributed by atoms with Crippen LogP contribution >= 0.6 is 11.6 Å². The van der Waals surface area contributed by atoms with E-state index in [1.807, 2.05) is 12.1 Å².